The molecule has 116 valence electrons. The van der Waals surface area contributed by atoms with E-state index in [0.29, 0.717) is 30.5 Å². The smallest absolute Gasteiger partial charge is 0.227 e. The Labute approximate surface area is 128 Å². The number of pyridine rings is 1. The van der Waals surface area contributed by atoms with Crippen molar-refractivity contribution in [1.82, 2.24) is 20.3 Å². The highest BCUT2D eigenvalue weighted by Gasteiger charge is 2.26. The normalized spacial score (nSPS) is 23.9. The number of nitrogens with one attached hydrogen (secondary N) is 2. The van der Waals surface area contributed by atoms with Crippen LogP contribution in [0.2, 0.25) is 0 Å². The molecular formula is C15H20N6O. The van der Waals surface area contributed by atoms with Gasteiger partial charge in [-0.2, -0.15) is 9.97 Å². The monoisotopic (exact) mass is 300 g/mol. The number of hydrogen-bond acceptors (Lipinski definition) is 7. The summed E-state index contributed by atoms with van der Waals surface area (Å²) in [4.78, 5) is 13.6. The van der Waals surface area contributed by atoms with Crippen molar-refractivity contribution >= 4 is 22.8 Å². The first-order chi connectivity index (χ1) is 10.6. The van der Waals surface area contributed by atoms with Gasteiger partial charge in [-0.05, 0) is 37.3 Å². The van der Waals surface area contributed by atoms with Gasteiger partial charge in [-0.25, -0.2) is 4.98 Å². The molecule has 0 spiro atoms. The SMILES string of the molecule is Cc1c2c(nc3nc(N[C@H]4CNC[C@@H]4O)nc(N)c13)CCC2. The summed E-state index contributed by atoms with van der Waals surface area (Å²) in [6.45, 7) is 3.33. The lowest BCUT2D eigenvalue weighted by molar-refractivity contribution is 0.185. The molecule has 0 saturated carbocycles. The predicted molar refractivity (Wildman–Crippen MR) is 84.8 cm³/mol. The topological polar surface area (TPSA) is 109 Å². The molecule has 7 nitrogen and oxygen atoms in total. The summed E-state index contributed by atoms with van der Waals surface area (Å²) in [6.07, 6.45) is 2.75. The molecule has 4 rings (SSSR count). The van der Waals surface area contributed by atoms with Gasteiger partial charge in [-0.15, -0.1) is 0 Å². The second kappa shape index (κ2) is 5.03. The molecule has 3 heterocycles. The van der Waals surface area contributed by atoms with Crippen LogP contribution < -0.4 is 16.4 Å². The third-order valence-electron chi connectivity index (χ3n) is 4.67. The van der Waals surface area contributed by atoms with Crippen LogP contribution in [0.25, 0.3) is 11.0 Å². The molecule has 5 N–H and O–H groups in total. The van der Waals surface area contributed by atoms with Crippen molar-refractivity contribution in [3.05, 3.63) is 16.8 Å². The first kappa shape index (κ1) is 13.7. The fraction of sp³-hybridized carbons (Fsp3) is 0.533. The van der Waals surface area contributed by atoms with Gasteiger partial charge in [0.1, 0.15) is 5.82 Å². The highest BCUT2D eigenvalue weighted by atomic mass is 16.3. The number of aryl methyl sites for hydroxylation is 2. The molecule has 2 aromatic rings. The molecule has 22 heavy (non-hydrogen) atoms. The molecule has 0 amide bonds. The van der Waals surface area contributed by atoms with Crippen LogP contribution in [0.5, 0.6) is 0 Å². The Hall–Kier alpha value is -1.99. The molecule has 2 atom stereocenters. The van der Waals surface area contributed by atoms with Gasteiger partial charge in [0, 0.05) is 18.8 Å². The van der Waals surface area contributed by atoms with E-state index in [9.17, 15) is 5.11 Å². The molecule has 0 unspecified atom stereocenters. The number of anilines is 2. The molecule has 1 saturated heterocycles. The van der Waals surface area contributed by atoms with E-state index < -0.39 is 6.10 Å². The average molecular weight is 300 g/mol. The fourth-order valence-corrected chi connectivity index (χ4v) is 3.48. The minimum atomic E-state index is -0.449. The van der Waals surface area contributed by atoms with Gasteiger partial charge >= 0.3 is 0 Å². The van der Waals surface area contributed by atoms with Crippen LogP contribution in [0, 0.1) is 6.92 Å². The summed E-state index contributed by atoms with van der Waals surface area (Å²) in [6, 6.07) is -0.104. The van der Waals surface area contributed by atoms with Crippen LogP contribution in [-0.4, -0.2) is 45.3 Å². The van der Waals surface area contributed by atoms with E-state index >= 15 is 0 Å². The molecule has 1 aliphatic carbocycles. The lowest BCUT2D eigenvalue weighted by Crippen LogP contribution is -2.32. The molecule has 0 bridgehead atoms. The van der Waals surface area contributed by atoms with Gasteiger partial charge in [0.05, 0.1) is 17.5 Å². The molecule has 1 fully saturated rings. The zero-order chi connectivity index (χ0) is 15.3. The quantitative estimate of drug-likeness (QED) is 0.625. The van der Waals surface area contributed by atoms with Crippen molar-refractivity contribution in [1.29, 1.82) is 0 Å². The van der Waals surface area contributed by atoms with Crippen LogP contribution in [0.3, 0.4) is 0 Å². The van der Waals surface area contributed by atoms with Crippen LogP contribution in [0.4, 0.5) is 11.8 Å². The number of nitrogen functional groups attached to an aromatic ring is 1. The first-order valence-electron chi connectivity index (χ1n) is 7.74. The standard InChI is InChI=1S/C15H20N6O/c1-7-8-3-2-4-9(8)18-14-12(7)13(16)20-15(21-14)19-10-5-17-6-11(10)22/h10-11,17,22H,2-6H2,1H3,(H3,16,18,19,20,21)/t10-,11-/m0/s1. The Kier molecular flexibility index (Phi) is 3.12. The second-order valence-corrected chi connectivity index (χ2v) is 6.12. The van der Waals surface area contributed by atoms with Crippen molar-refractivity contribution in [3.63, 3.8) is 0 Å². The number of rotatable bonds is 2. The van der Waals surface area contributed by atoms with Gasteiger partial charge in [0.15, 0.2) is 5.65 Å². The molecule has 0 radical (unpaired) electrons. The number of nitrogens with zero attached hydrogens (tertiary/aromatic N) is 3. The number of aliphatic hydroxyl groups is 1. The minimum absolute atomic E-state index is 0.104. The molecule has 1 aliphatic heterocycles. The van der Waals surface area contributed by atoms with E-state index in [1.54, 1.807) is 0 Å². The van der Waals surface area contributed by atoms with Crippen molar-refractivity contribution in [2.45, 2.75) is 38.3 Å². The number of aromatic nitrogens is 3. The number of aliphatic hydroxyl groups excluding tert-OH is 1. The van der Waals surface area contributed by atoms with E-state index in [1.807, 2.05) is 0 Å². The summed E-state index contributed by atoms with van der Waals surface area (Å²) in [5, 5.41) is 17.0. The molecule has 2 aliphatic rings. The van der Waals surface area contributed by atoms with Gasteiger partial charge in [-0.1, -0.05) is 0 Å². The average Bonchev–Trinajstić information content (AvgIpc) is 3.08. The Morgan fingerprint density at radius 1 is 1.23 bits per heavy atom. The van der Waals surface area contributed by atoms with Gasteiger partial charge in [0.25, 0.3) is 0 Å². The molecule has 0 aromatic carbocycles. The molecule has 2 aromatic heterocycles. The largest absolute Gasteiger partial charge is 0.390 e. The maximum absolute atomic E-state index is 9.88. The highest BCUT2D eigenvalue weighted by molar-refractivity contribution is 5.90. The summed E-state index contributed by atoms with van der Waals surface area (Å²) in [5.41, 5.74) is 10.4. The van der Waals surface area contributed by atoms with Gasteiger partial charge in [0.2, 0.25) is 5.95 Å². The lowest BCUT2D eigenvalue weighted by Gasteiger charge is -2.16. The Balaban J connectivity index is 1.78. The maximum atomic E-state index is 9.88. The van der Waals surface area contributed by atoms with E-state index in [4.69, 9.17) is 5.73 Å². The van der Waals surface area contributed by atoms with E-state index in [2.05, 4.69) is 32.5 Å². The maximum Gasteiger partial charge on any atom is 0.227 e. The number of hydrogen-bond donors (Lipinski definition) is 4. The zero-order valence-corrected chi connectivity index (χ0v) is 12.6. The van der Waals surface area contributed by atoms with Crippen LogP contribution in [0.15, 0.2) is 0 Å². The number of nitrogens with two attached hydrogens (primary N) is 1. The molecule has 7 heteroatoms. The van der Waals surface area contributed by atoms with Crippen LogP contribution in [0.1, 0.15) is 23.2 Å². The van der Waals surface area contributed by atoms with Crippen molar-refractivity contribution in [2.75, 3.05) is 24.1 Å². The molecular weight excluding hydrogens is 280 g/mol. The van der Waals surface area contributed by atoms with E-state index in [0.717, 1.165) is 35.9 Å². The van der Waals surface area contributed by atoms with Gasteiger partial charge < -0.3 is 21.5 Å². The Morgan fingerprint density at radius 3 is 2.86 bits per heavy atom. The summed E-state index contributed by atoms with van der Waals surface area (Å²) in [7, 11) is 0. The lowest BCUT2D eigenvalue weighted by atomic mass is 10.1. The van der Waals surface area contributed by atoms with Crippen molar-refractivity contribution in [2.24, 2.45) is 0 Å². The number of β-amino-alcohol motifs (C(OH)–C–C–N with tert-alkyl or cyclic N) is 1. The van der Waals surface area contributed by atoms with E-state index in [1.165, 1.54) is 5.56 Å². The van der Waals surface area contributed by atoms with Crippen LogP contribution >= 0.6 is 0 Å². The minimum Gasteiger partial charge on any atom is -0.390 e. The summed E-state index contributed by atoms with van der Waals surface area (Å²) < 4.78 is 0. The van der Waals surface area contributed by atoms with Gasteiger partial charge in [-0.3, -0.25) is 0 Å². The summed E-state index contributed by atoms with van der Waals surface area (Å²) in [5.74, 6) is 0.884. The highest BCUT2D eigenvalue weighted by Crippen LogP contribution is 2.31. The zero-order valence-electron chi connectivity index (χ0n) is 12.6. The number of fused-ring (bicyclic) bond motifs is 2. The third-order valence-corrected chi connectivity index (χ3v) is 4.67. The van der Waals surface area contributed by atoms with Crippen molar-refractivity contribution in [3.8, 4) is 0 Å². The van der Waals surface area contributed by atoms with E-state index in [-0.39, 0.29) is 6.04 Å². The predicted octanol–water partition coefficient (Wildman–Crippen LogP) is 0.149. The summed E-state index contributed by atoms with van der Waals surface area (Å²) >= 11 is 0. The Bertz CT molecular complexity index is 747. The fourth-order valence-electron chi connectivity index (χ4n) is 3.48. The first-order valence-corrected chi connectivity index (χ1v) is 7.74. The van der Waals surface area contributed by atoms with Crippen molar-refractivity contribution < 1.29 is 5.11 Å². The Morgan fingerprint density at radius 2 is 2.09 bits per heavy atom. The second-order valence-electron chi connectivity index (χ2n) is 6.12. The van der Waals surface area contributed by atoms with Crippen LogP contribution in [-0.2, 0) is 12.8 Å². The third kappa shape index (κ3) is 2.08.